The normalized spacial score (nSPS) is 28.9. The number of anilines is 2. The summed E-state index contributed by atoms with van der Waals surface area (Å²) in [5, 5.41) is 10.5. The first-order chi connectivity index (χ1) is 19.5. The van der Waals surface area contributed by atoms with Crippen LogP contribution < -0.4 is 9.80 Å². The highest BCUT2D eigenvalue weighted by Crippen LogP contribution is 2.64. The highest BCUT2D eigenvalue weighted by Gasteiger charge is 2.79. The monoisotopic (exact) mass is 567 g/mol. The quantitative estimate of drug-likeness (QED) is 0.287. The van der Waals surface area contributed by atoms with Crippen molar-refractivity contribution in [2.45, 2.75) is 70.7 Å². The molecule has 1 aromatic carbocycles. The Labute approximate surface area is 243 Å². The van der Waals surface area contributed by atoms with Crippen molar-refractivity contribution in [1.82, 2.24) is 4.90 Å². The van der Waals surface area contributed by atoms with E-state index < -0.39 is 41.1 Å². The molecule has 3 fully saturated rings. The van der Waals surface area contributed by atoms with Gasteiger partial charge in [-0.15, -0.1) is 6.58 Å². The van der Waals surface area contributed by atoms with Crippen LogP contribution in [0.25, 0.3) is 0 Å². The number of fused-ring (bicyclic) bond motifs is 1. The van der Waals surface area contributed by atoms with Crippen LogP contribution in [0.2, 0.25) is 0 Å². The largest absolute Gasteiger partial charge is 0.461 e. The molecule has 41 heavy (non-hydrogen) atoms. The Morgan fingerprint density at radius 3 is 2.32 bits per heavy atom. The van der Waals surface area contributed by atoms with Gasteiger partial charge in [0.1, 0.15) is 24.2 Å². The number of nitrogens with zero attached hydrogens (tertiary/aromatic N) is 3. The van der Waals surface area contributed by atoms with Gasteiger partial charge in [0.15, 0.2) is 0 Å². The Bertz CT molecular complexity index is 1160. The van der Waals surface area contributed by atoms with Gasteiger partial charge in [0.25, 0.3) is 5.91 Å². The summed E-state index contributed by atoms with van der Waals surface area (Å²) in [5.74, 6) is -3.10. The SMILES string of the molecule is C=CCOC(=O)[C@@H]1[C@H]2C(=O)N([C@@H](CO)C(C)C)C(C(=O)N(CC=C)c3ccc(N(CC)CC)cc3)C23CC[C@@]1(C)O3. The van der Waals surface area contributed by atoms with E-state index in [-0.39, 0.29) is 37.5 Å². The zero-order valence-corrected chi connectivity index (χ0v) is 25.0. The summed E-state index contributed by atoms with van der Waals surface area (Å²) in [6, 6.07) is 6.12. The van der Waals surface area contributed by atoms with Crippen LogP contribution in [-0.2, 0) is 23.9 Å². The molecule has 1 spiro atoms. The molecule has 0 aliphatic carbocycles. The number of likely N-dealkylation sites (tertiary alicyclic amines) is 1. The first-order valence-electron chi connectivity index (χ1n) is 14.7. The lowest BCUT2D eigenvalue weighted by molar-refractivity contribution is -0.160. The van der Waals surface area contributed by atoms with Crippen molar-refractivity contribution in [3.8, 4) is 0 Å². The summed E-state index contributed by atoms with van der Waals surface area (Å²) in [4.78, 5) is 47.8. The number of carbonyl (C=O) groups is 3. The van der Waals surface area contributed by atoms with Crippen LogP contribution in [-0.4, -0.2) is 83.9 Å². The molecule has 1 N–H and O–H groups in total. The van der Waals surface area contributed by atoms with Crippen LogP contribution in [0.15, 0.2) is 49.6 Å². The van der Waals surface area contributed by atoms with Crippen LogP contribution in [0.4, 0.5) is 11.4 Å². The number of amides is 2. The van der Waals surface area contributed by atoms with E-state index in [1.807, 2.05) is 45.0 Å². The molecule has 9 nitrogen and oxygen atoms in total. The smallest absolute Gasteiger partial charge is 0.313 e. The minimum atomic E-state index is -1.22. The number of aliphatic hydroxyl groups excluding tert-OH is 1. The fraction of sp³-hybridized carbons (Fsp3) is 0.594. The molecule has 3 aliphatic rings. The Morgan fingerprint density at radius 2 is 1.78 bits per heavy atom. The zero-order valence-electron chi connectivity index (χ0n) is 25.0. The standard InChI is InChI=1S/C32H45N3O6/c1-8-18-34(23-14-12-22(13-15-23)33(10-3)11-4)29(38)27-32-17-16-31(7,41-32)26(30(39)40-19-9-2)25(32)28(37)35(27)24(20-36)21(5)6/h8-9,12-15,21,24-27,36H,1-2,10-11,16-20H2,3-7H3/t24-,25-,26-,27?,31+,32?/m0/s1. The second-order valence-corrected chi connectivity index (χ2v) is 11.8. The summed E-state index contributed by atoms with van der Waals surface area (Å²) < 4.78 is 12.1. The van der Waals surface area contributed by atoms with Gasteiger partial charge < -0.3 is 29.3 Å². The van der Waals surface area contributed by atoms with Crippen LogP contribution in [0.1, 0.15) is 47.5 Å². The molecule has 2 unspecified atom stereocenters. The van der Waals surface area contributed by atoms with Crippen LogP contribution in [0.3, 0.4) is 0 Å². The summed E-state index contributed by atoms with van der Waals surface area (Å²) in [7, 11) is 0. The highest BCUT2D eigenvalue weighted by atomic mass is 16.6. The summed E-state index contributed by atoms with van der Waals surface area (Å²) in [6.07, 6.45) is 4.09. The molecular weight excluding hydrogens is 522 g/mol. The molecule has 224 valence electrons. The van der Waals surface area contributed by atoms with Crippen LogP contribution in [0, 0.1) is 17.8 Å². The van der Waals surface area contributed by atoms with Crippen LogP contribution in [0.5, 0.6) is 0 Å². The van der Waals surface area contributed by atoms with E-state index in [1.165, 1.54) is 11.0 Å². The number of benzene rings is 1. The lowest BCUT2D eigenvalue weighted by Crippen LogP contribution is -2.60. The molecule has 9 heteroatoms. The predicted molar refractivity (Wildman–Crippen MR) is 158 cm³/mol. The Kier molecular flexibility index (Phi) is 8.99. The zero-order chi connectivity index (χ0) is 30.1. The molecule has 3 aliphatic heterocycles. The molecular formula is C32H45N3O6. The maximum absolute atomic E-state index is 14.7. The average Bonchev–Trinajstić information content (AvgIpc) is 3.52. The van der Waals surface area contributed by atoms with Crippen molar-refractivity contribution in [3.63, 3.8) is 0 Å². The fourth-order valence-corrected chi connectivity index (χ4v) is 7.24. The van der Waals surface area contributed by atoms with Gasteiger partial charge in [0, 0.05) is 31.0 Å². The number of rotatable bonds is 13. The second kappa shape index (κ2) is 12.0. The topological polar surface area (TPSA) is 99.6 Å². The van der Waals surface area contributed by atoms with Crippen molar-refractivity contribution >= 4 is 29.2 Å². The van der Waals surface area contributed by atoms with E-state index in [0.717, 1.165) is 18.8 Å². The molecule has 1 aromatic rings. The molecule has 0 saturated carbocycles. The molecule has 0 radical (unpaired) electrons. The Balaban J connectivity index is 1.81. The molecule has 6 atom stereocenters. The lowest BCUT2D eigenvalue weighted by atomic mass is 9.66. The highest BCUT2D eigenvalue weighted by molar-refractivity contribution is 6.05. The van der Waals surface area contributed by atoms with Gasteiger partial charge in [0.05, 0.1) is 24.2 Å². The van der Waals surface area contributed by atoms with E-state index in [4.69, 9.17) is 9.47 Å². The first-order valence-corrected chi connectivity index (χ1v) is 14.7. The summed E-state index contributed by atoms with van der Waals surface area (Å²) in [5.41, 5.74) is -0.440. The van der Waals surface area contributed by atoms with Gasteiger partial charge in [-0.2, -0.15) is 0 Å². The molecule has 2 bridgehead atoms. The van der Waals surface area contributed by atoms with Crippen LogP contribution >= 0.6 is 0 Å². The Morgan fingerprint density at radius 1 is 1.15 bits per heavy atom. The molecule has 3 saturated heterocycles. The van der Waals surface area contributed by atoms with Gasteiger partial charge in [-0.3, -0.25) is 14.4 Å². The third-order valence-corrected chi connectivity index (χ3v) is 9.23. The third-order valence-electron chi connectivity index (χ3n) is 9.23. The van der Waals surface area contributed by atoms with E-state index in [9.17, 15) is 19.5 Å². The fourth-order valence-electron chi connectivity index (χ4n) is 7.24. The average molecular weight is 568 g/mol. The van der Waals surface area contributed by atoms with E-state index in [2.05, 4.69) is 31.9 Å². The summed E-state index contributed by atoms with van der Waals surface area (Å²) in [6.45, 7) is 19.0. The number of esters is 1. The number of hydrogen-bond donors (Lipinski definition) is 1. The predicted octanol–water partition coefficient (Wildman–Crippen LogP) is 3.56. The van der Waals surface area contributed by atoms with Gasteiger partial charge in [-0.1, -0.05) is 32.6 Å². The van der Waals surface area contributed by atoms with Crippen molar-refractivity contribution in [2.24, 2.45) is 17.8 Å². The number of hydrogen-bond acceptors (Lipinski definition) is 7. The number of aliphatic hydroxyl groups is 1. The van der Waals surface area contributed by atoms with Crippen molar-refractivity contribution in [1.29, 1.82) is 0 Å². The maximum atomic E-state index is 14.7. The molecule has 2 amide bonds. The minimum absolute atomic E-state index is 0.0211. The molecule has 0 aromatic heterocycles. The molecule has 4 rings (SSSR count). The van der Waals surface area contributed by atoms with E-state index in [1.54, 1.807) is 11.0 Å². The lowest BCUT2D eigenvalue weighted by Gasteiger charge is -2.40. The summed E-state index contributed by atoms with van der Waals surface area (Å²) >= 11 is 0. The number of carbonyl (C=O) groups excluding carboxylic acids is 3. The first kappa shape index (κ1) is 30.8. The van der Waals surface area contributed by atoms with Crippen molar-refractivity contribution < 1.29 is 29.0 Å². The number of ether oxygens (including phenoxy) is 2. The van der Waals surface area contributed by atoms with E-state index in [0.29, 0.717) is 18.5 Å². The minimum Gasteiger partial charge on any atom is -0.461 e. The second-order valence-electron chi connectivity index (χ2n) is 11.8. The van der Waals surface area contributed by atoms with Crippen molar-refractivity contribution in [3.05, 3.63) is 49.6 Å². The Hall–Kier alpha value is -3.17. The third kappa shape index (κ3) is 4.97. The molecule has 3 heterocycles. The maximum Gasteiger partial charge on any atom is 0.313 e. The van der Waals surface area contributed by atoms with Gasteiger partial charge in [-0.25, -0.2) is 0 Å². The van der Waals surface area contributed by atoms with Gasteiger partial charge in [0.2, 0.25) is 5.91 Å². The van der Waals surface area contributed by atoms with Crippen molar-refractivity contribution in [2.75, 3.05) is 42.6 Å². The van der Waals surface area contributed by atoms with Gasteiger partial charge in [-0.05, 0) is 63.8 Å². The van der Waals surface area contributed by atoms with E-state index >= 15 is 0 Å². The van der Waals surface area contributed by atoms with Gasteiger partial charge >= 0.3 is 5.97 Å².